The minimum Gasteiger partial charge on any atom is -0.475 e. The molecule has 12 nitrogen and oxygen atoms in total. The minimum absolute atomic E-state index is 0.0824. The molecular formula is C33H26F3N5O7S2. The number of carbonyl (C=O) groups excluding carboxylic acids is 1. The Hall–Kier alpha value is -5.57. The fourth-order valence-electron chi connectivity index (χ4n) is 5.12. The van der Waals surface area contributed by atoms with Gasteiger partial charge in [0.1, 0.15) is 11.1 Å². The highest BCUT2D eigenvalue weighted by molar-refractivity contribution is 7.90. The highest BCUT2D eigenvalue weighted by Gasteiger charge is 2.39. The van der Waals surface area contributed by atoms with Gasteiger partial charge in [0.2, 0.25) is 26.0 Å². The fraction of sp³-hybridized carbons (Fsp3) is 0.152. The third-order valence-electron chi connectivity index (χ3n) is 7.56. The number of aromatic amines is 1. The Morgan fingerprint density at radius 3 is 2.18 bits per heavy atom. The van der Waals surface area contributed by atoms with E-state index in [1.54, 1.807) is 66.7 Å². The van der Waals surface area contributed by atoms with Crippen molar-refractivity contribution in [3.05, 3.63) is 120 Å². The van der Waals surface area contributed by atoms with Gasteiger partial charge in [0.05, 0.1) is 40.0 Å². The molecule has 1 fully saturated rings. The highest BCUT2D eigenvalue weighted by Crippen LogP contribution is 2.31. The average Bonchev–Trinajstić information content (AvgIpc) is 3.63. The molecule has 0 aliphatic carbocycles. The molecule has 17 heteroatoms. The Bertz CT molecular complexity index is 2310. The molecule has 1 aliphatic heterocycles. The molecule has 4 aromatic carbocycles. The summed E-state index contributed by atoms with van der Waals surface area (Å²) in [6, 6.07) is 29.1. The number of hydrogen-bond acceptors (Lipinski definition) is 8. The summed E-state index contributed by atoms with van der Waals surface area (Å²) in [7, 11) is -7.80. The van der Waals surface area contributed by atoms with Gasteiger partial charge < -0.3 is 10.1 Å². The summed E-state index contributed by atoms with van der Waals surface area (Å²) in [5, 5.41) is 15.4. The first-order valence-electron chi connectivity index (χ1n) is 14.6. The van der Waals surface area contributed by atoms with E-state index in [-0.39, 0.29) is 17.7 Å². The maximum absolute atomic E-state index is 13.6. The van der Waals surface area contributed by atoms with Crippen molar-refractivity contribution in [3.8, 4) is 17.2 Å². The van der Waals surface area contributed by atoms with Crippen molar-refractivity contribution in [2.24, 2.45) is 0 Å². The quantitative estimate of drug-likeness (QED) is 0.172. The molecule has 1 aliphatic rings. The van der Waals surface area contributed by atoms with Crippen LogP contribution in [0.15, 0.2) is 102 Å². The number of benzene rings is 4. The number of aromatic nitrogens is 2. The number of nitrogens with one attached hydrogen (secondary N) is 3. The molecule has 1 saturated heterocycles. The Morgan fingerprint density at radius 2 is 1.62 bits per heavy atom. The van der Waals surface area contributed by atoms with E-state index < -0.39 is 49.4 Å². The van der Waals surface area contributed by atoms with Crippen molar-refractivity contribution in [2.45, 2.75) is 35.2 Å². The van der Waals surface area contributed by atoms with Gasteiger partial charge in [0.25, 0.3) is 0 Å². The van der Waals surface area contributed by atoms with E-state index in [0.717, 1.165) is 11.1 Å². The highest BCUT2D eigenvalue weighted by atomic mass is 32.2. The standard InChI is InChI=1S/C31H25N5O5S2.C2HF3O2/c32-19-21-8-15-26-27(17-21)34-31(33-26)28(16-20-6-9-24(10-7-20)29-18-30(37)36-43(29,40)41)35-42(38,39)25-13-11-23(12-14-25)22-4-2-1-3-5-22;3-2(4,5)1(6)7/h1-15,17,28-29,35H,16,18H2,(H,33,34)(H,36,37);(H,6,7)/t28-,29?;/m0./s1. The summed E-state index contributed by atoms with van der Waals surface area (Å²) in [5.74, 6) is -2.95. The third kappa shape index (κ3) is 8.34. The van der Waals surface area contributed by atoms with Gasteiger partial charge in [-0.2, -0.15) is 18.4 Å². The van der Waals surface area contributed by atoms with Crippen molar-refractivity contribution in [1.82, 2.24) is 19.4 Å². The first-order valence-corrected chi connectivity index (χ1v) is 17.6. The van der Waals surface area contributed by atoms with Crippen LogP contribution in [0.3, 0.4) is 0 Å². The molecule has 0 spiro atoms. The Labute approximate surface area is 283 Å². The number of carbonyl (C=O) groups is 2. The Balaban J connectivity index is 0.000000630. The van der Waals surface area contributed by atoms with Crippen LogP contribution in [-0.2, 0) is 36.1 Å². The van der Waals surface area contributed by atoms with Gasteiger partial charge in [0.15, 0.2) is 0 Å². The topological polar surface area (TPSA) is 199 Å². The normalized spacial score (nSPS) is 16.1. The lowest BCUT2D eigenvalue weighted by atomic mass is 10.0. The summed E-state index contributed by atoms with van der Waals surface area (Å²) in [6.45, 7) is 0. The first kappa shape index (κ1) is 35.7. The van der Waals surface area contributed by atoms with Crippen LogP contribution in [0.5, 0.6) is 0 Å². The molecule has 4 N–H and O–H groups in total. The number of hydrogen-bond donors (Lipinski definition) is 4. The maximum atomic E-state index is 13.6. The molecular weight excluding hydrogens is 700 g/mol. The van der Waals surface area contributed by atoms with Gasteiger partial charge >= 0.3 is 12.1 Å². The van der Waals surface area contributed by atoms with Crippen LogP contribution in [0.2, 0.25) is 0 Å². The largest absolute Gasteiger partial charge is 0.490 e. The summed E-state index contributed by atoms with van der Waals surface area (Å²) in [4.78, 5) is 28.4. The van der Waals surface area contributed by atoms with Gasteiger partial charge in [-0.1, -0.05) is 66.7 Å². The molecule has 0 saturated carbocycles. The van der Waals surface area contributed by atoms with E-state index in [1.807, 2.05) is 35.1 Å². The van der Waals surface area contributed by atoms with Crippen LogP contribution < -0.4 is 9.44 Å². The number of carboxylic acid groups (broad SMARTS) is 1. The maximum Gasteiger partial charge on any atom is 0.490 e. The molecule has 1 amide bonds. The summed E-state index contributed by atoms with van der Waals surface area (Å²) >= 11 is 0. The number of halogens is 3. The number of carboxylic acids is 1. The molecule has 50 heavy (non-hydrogen) atoms. The number of sulfonamides is 2. The first-order chi connectivity index (χ1) is 23.6. The third-order valence-corrected chi connectivity index (χ3v) is 10.8. The van der Waals surface area contributed by atoms with Crippen LogP contribution in [0.25, 0.3) is 22.2 Å². The van der Waals surface area contributed by atoms with E-state index in [9.17, 15) is 40.1 Å². The zero-order chi connectivity index (χ0) is 36.3. The second kappa shape index (κ2) is 14.1. The smallest absolute Gasteiger partial charge is 0.475 e. The van der Waals surface area contributed by atoms with Gasteiger partial charge in [-0.3, -0.25) is 9.52 Å². The van der Waals surface area contributed by atoms with Crippen LogP contribution in [0, 0.1) is 11.3 Å². The lowest BCUT2D eigenvalue weighted by molar-refractivity contribution is -0.192. The monoisotopic (exact) mass is 725 g/mol. The number of nitriles is 1. The number of rotatable bonds is 8. The van der Waals surface area contributed by atoms with Crippen molar-refractivity contribution in [3.63, 3.8) is 0 Å². The number of H-pyrrole nitrogens is 1. The minimum atomic E-state index is -5.08. The second-order valence-corrected chi connectivity index (χ2v) is 14.6. The van der Waals surface area contributed by atoms with Crippen molar-refractivity contribution in [2.75, 3.05) is 0 Å². The SMILES string of the molecule is N#Cc1ccc2nc([C@H](Cc3ccc(C4CC(=O)NS4(=O)=O)cc3)NS(=O)(=O)c3ccc(-c4ccccc4)cc3)[nH]c2c1.O=C(O)C(F)(F)F. The van der Waals surface area contributed by atoms with E-state index in [2.05, 4.69) is 20.8 Å². The van der Waals surface area contributed by atoms with E-state index in [1.165, 1.54) is 0 Å². The van der Waals surface area contributed by atoms with E-state index in [0.29, 0.717) is 33.5 Å². The molecule has 5 aromatic rings. The zero-order valence-corrected chi connectivity index (χ0v) is 27.2. The van der Waals surface area contributed by atoms with E-state index in [4.69, 9.17) is 9.90 Å². The van der Waals surface area contributed by atoms with Gasteiger partial charge in [-0.25, -0.2) is 31.3 Å². The molecule has 2 heterocycles. The molecule has 1 unspecified atom stereocenters. The van der Waals surface area contributed by atoms with E-state index >= 15 is 0 Å². The number of amides is 1. The molecule has 0 bridgehead atoms. The summed E-state index contributed by atoms with van der Waals surface area (Å²) < 4.78 is 88.3. The predicted octanol–water partition coefficient (Wildman–Crippen LogP) is 4.89. The van der Waals surface area contributed by atoms with Gasteiger partial charge in [-0.15, -0.1) is 0 Å². The number of nitrogens with zero attached hydrogens (tertiary/aromatic N) is 2. The van der Waals surface area contributed by atoms with Gasteiger partial charge in [-0.05, 0) is 59.0 Å². The van der Waals surface area contributed by atoms with Crippen molar-refractivity contribution >= 4 is 43.0 Å². The average molecular weight is 726 g/mol. The fourth-order valence-corrected chi connectivity index (χ4v) is 7.75. The van der Waals surface area contributed by atoms with Gasteiger partial charge in [0, 0.05) is 0 Å². The number of alkyl halides is 3. The summed E-state index contributed by atoms with van der Waals surface area (Å²) in [5.41, 5.74) is 4.61. The Kier molecular flexibility index (Phi) is 10.1. The van der Waals surface area contributed by atoms with Crippen molar-refractivity contribution in [1.29, 1.82) is 5.26 Å². The molecule has 0 radical (unpaired) electrons. The molecule has 6 rings (SSSR count). The molecule has 1 aromatic heterocycles. The van der Waals surface area contributed by atoms with Crippen LogP contribution in [-0.4, -0.2) is 50.0 Å². The summed E-state index contributed by atoms with van der Waals surface area (Å²) in [6.07, 6.45) is -5.06. The van der Waals surface area contributed by atoms with Crippen molar-refractivity contribution < 1.29 is 44.7 Å². The lowest BCUT2D eigenvalue weighted by Gasteiger charge is -2.18. The molecule has 258 valence electrons. The van der Waals surface area contributed by atoms with Crippen LogP contribution in [0.1, 0.15) is 40.2 Å². The number of aliphatic carboxylic acids is 1. The second-order valence-electron chi connectivity index (χ2n) is 11.0. The van der Waals surface area contributed by atoms with Crippen LogP contribution in [0.4, 0.5) is 13.2 Å². The number of imidazole rings is 1. The predicted molar refractivity (Wildman–Crippen MR) is 174 cm³/mol. The zero-order valence-electron chi connectivity index (χ0n) is 25.5. The van der Waals surface area contributed by atoms with Crippen LogP contribution >= 0.6 is 0 Å². The Morgan fingerprint density at radius 1 is 1.00 bits per heavy atom. The molecule has 2 atom stereocenters. The number of fused-ring (bicyclic) bond motifs is 1. The lowest BCUT2D eigenvalue weighted by Crippen LogP contribution is -2.31.